The summed E-state index contributed by atoms with van der Waals surface area (Å²) in [6.45, 7) is 0.320. The highest BCUT2D eigenvalue weighted by Crippen LogP contribution is 2.19. The summed E-state index contributed by atoms with van der Waals surface area (Å²) in [5.74, 6) is -0.439. The van der Waals surface area contributed by atoms with Crippen LogP contribution in [0.2, 0.25) is 5.02 Å². The Labute approximate surface area is 133 Å². The quantitative estimate of drug-likeness (QED) is 0.794. The van der Waals surface area contributed by atoms with E-state index < -0.39 is 11.9 Å². The summed E-state index contributed by atoms with van der Waals surface area (Å²) in [6.07, 6.45) is 0. The lowest BCUT2D eigenvalue weighted by atomic mass is 10.2. The van der Waals surface area contributed by atoms with Crippen molar-refractivity contribution in [3.8, 4) is 0 Å². The van der Waals surface area contributed by atoms with Crippen molar-refractivity contribution in [2.75, 3.05) is 11.9 Å². The van der Waals surface area contributed by atoms with E-state index >= 15 is 0 Å². The molecule has 6 heteroatoms. The molecule has 0 radical (unpaired) electrons. The lowest BCUT2D eigenvalue weighted by Crippen LogP contribution is -2.41. The van der Waals surface area contributed by atoms with Gasteiger partial charge in [0.1, 0.15) is 0 Å². The Kier molecular flexibility index (Phi) is 5.80. The van der Waals surface area contributed by atoms with Crippen molar-refractivity contribution < 1.29 is 9.59 Å². The van der Waals surface area contributed by atoms with Crippen LogP contribution >= 0.6 is 11.6 Å². The number of rotatable bonds is 5. The number of para-hydroxylation sites is 1. The molecule has 0 aliphatic heterocycles. The molecule has 0 atom stereocenters. The van der Waals surface area contributed by atoms with Crippen LogP contribution in [0.4, 0.5) is 10.5 Å². The van der Waals surface area contributed by atoms with Gasteiger partial charge in [-0.1, -0.05) is 54.1 Å². The van der Waals surface area contributed by atoms with E-state index in [1.807, 2.05) is 30.3 Å². The number of urea groups is 1. The Morgan fingerprint density at radius 3 is 2.36 bits per heavy atom. The fourth-order valence-corrected chi connectivity index (χ4v) is 1.98. The Hall–Kier alpha value is -2.53. The van der Waals surface area contributed by atoms with E-state index in [-0.39, 0.29) is 6.54 Å². The standard InChI is InChI=1S/C16H16ClN3O2/c17-13-8-4-5-9-14(13)18-11-15(21)20-16(22)19-10-12-6-2-1-3-7-12/h1-9,18H,10-11H2,(H2,19,20,21,22). The van der Waals surface area contributed by atoms with Gasteiger partial charge >= 0.3 is 6.03 Å². The van der Waals surface area contributed by atoms with Gasteiger partial charge in [-0.2, -0.15) is 0 Å². The van der Waals surface area contributed by atoms with E-state index in [1.165, 1.54) is 0 Å². The van der Waals surface area contributed by atoms with Crippen LogP contribution in [0.25, 0.3) is 0 Å². The van der Waals surface area contributed by atoms with Crippen molar-refractivity contribution in [2.45, 2.75) is 6.54 Å². The van der Waals surface area contributed by atoms with E-state index in [0.29, 0.717) is 17.3 Å². The Morgan fingerprint density at radius 2 is 1.64 bits per heavy atom. The average Bonchev–Trinajstić information content (AvgIpc) is 2.53. The van der Waals surface area contributed by atoms with Crippen molar-refractivity contribution in [3.05, 3.63) is 65.2 Å². The predicted octanol–water partition coefficient (Wildman–Crippen LogP) is 2.78. The van der Waals surface area contributed by atoms with Gasteiger partial charge in [-0.3, -0.25) is 10.1 Å². The number of halogens is 1. The summed E-state index contributed by atoms with van der Waals surface area (Å²) in [5, 5.41) is 8.25. The van der Waals surface area contributed by atoms with E-state index in [2.05, 4.69) is 16.0 Å². The monoisotopic (exact) mass is 317 g/mol. The van der Waals surface area contributed by atoms with Gasteiger partial charge in [0.25, 0.3) is 0 Å². The molecular weight excluding hydrogens is 302 g/mol. The molecule has 0 aliphatic carbocycles. The molecule has 0 spiro atoms. The van der Waals surface area contributed by atoms with E-state index in [9.17, 15) is 9.59 Å². The van der Waals surface area contributed by atoms with Gasteiger partial charge < -0.3 is 10.6 Å². The Balaban J connectivity index is 1.72. The fourth-order valence-electron chi connectivity index (χ4n) is 1.77. The summed E-state index contributed by atoms with van der Waals surface area (Å²) in [4.78, 5) is 23.3. The summed E-state index contributed by atoms with van der Waals surface area (Å²) >= 11 is 5.96. The zero-order valence-electron chi connectivity index (χ0n) is 11.8. The number of hydrogen-bond acceptors (Lipinski definition) is 3. The molecule has 0 unspecified atom stereocenters. The second-order valence-corrected chi connectivity index (χ2v) is 4.96. The molecule has 0 aliphatic rings. The van der Waals surface area contributed by atoms with Gasteiger partial charge in [0, 0.05) is 6.54 Å². The summed E-state index contributed by atoms with van der Waals surface area (Å²) < 4.78 is 0. The third-order valence-electron chi connectivity index (χ3n) is 2.86. The topological polar surface area (TPSA) is 70.2 Å². The van der Waals surface area contributed by atoms with Gasteiger partial charge in [-0.15, -0.1) is 0 Å². The fraction of sp³-hybridized carbons (Fsp3) is 0.125. The highest BCUT2D eigenvalue weighted by molar-refractivity contribution is 6.33. The first-order chi connectivity index (χ1) is 10.6. The largest absolute Gasteiger partial charge is 0.375 e. The molecule has 0 heterocycles. The molecule has 2 aromatic rings. The first kappa shape index (κ1) is 15.9. The van der Waals surface area contributed by atoms with Gasteiger partial charge in [0.2, 0.25) is 5.91 Å². The van der Waals surface area contributed by atoms with Crippen molar-refractivity contribution in [1.82, 2.24) is 10.6 Å². The molecule has 0 saturated carbocycles. The number of nitrogens with one attached hydrogen (secondary N) is 3. The summed E-state index contributed by atoms with van der Waals surface area (Å²) in [6, 6.07) is 16.0. The lowest BCUT2D eigenvalue weighted by Gasteiger charge is -2.09. The van der Waals surface area contributed by atoms with E-state index in [1.54, 1.807) is 24.3 Å². The molecular formula is C16H16ClN3O2. The highest BCUT2D eigenvalue weighted by Gasteiger charge is 2.07. The molecule has 0 fully saturated rings. The summed E-state index contributed by atoms with van der Waals surface area (Å²) in [5.41, 5.74) is 1.60. The SMILES string of the molecule is O=C(CNc1ccccc1Cl)NC(=O)NCc1ccccc1. The van der Waals surface area contributed by atoms with Crippen LogP contribution in [0.1, 0.15) is 5.56 Å². The second kappa shape index (κ2) is 8.05. The molecule has 3 N–H and O–H groups in total. The maximum Gasteiger partial charge on any atom is 0.321 e. The third-order valence-corrected chi connectivity index (χ3v) is 3.19. The predicted molar refractivity (Wildman–Crippen MR) is 86.8 cm³/mol. The Bertz CT molecular complexity index is 647. The normalized spacial score (nSPS) is 9.86. The van der Waals surface area contributed by atoms with Gasteiger partial charge in [-0.05, 0) is 17.7 Å². The van der Waals surface area contributed by atoms with Crippen molar-refractivity contribution >= 4 is 29.2 Å². The Morgan fingerprint density at radius 1 is 0.955 bits per heavy atom. The zero-order valence-corrected chi connectivity index (χ0v) is 12.6. The number of carbonyl (C=O) groups excluding carboxylic acids is 2. The van der Waals surface area contributed by atoms with Gasteiger partial charge in [0.15, 0.2) is 0 Å². The van der Waals surface area contributed by atoms with Crippen LogP contribution in [-0.2, 0) is 11.3 Å². The van der Waals surface area contributed by atoms with Crippen LogP contribution in [-0.4, -0.2) is 18.5 Å². The minimum absolute atomic E-state index is 0.0392. The molecule has 2 aromatic carbocycles. The van der Waals surface area contributed by atoms with Gasteiger partial charge in [0.05, 0.1) is 17.3 Å². The summed E-state index contributed by atoms with van der Waals surface area (Å²) in [7, 11) is 0. The third kappa shape index (κ3) is 5.10. The number of hydrogen-bond donors (Lipinski definition) is 3. The van der Waals surface area contributed by atoms with Crippen molar-refractivity contribution in [2.24, 2.45) is 0 Å². The first-order valence-electron chi connectivity index (χ1n) is 6.75. The minimum atomic E-state index is -0.533. The molecule has 2 rings (SSSR count). The average molecular weight is 318 g/mol. The van der Waals surface area contributed by atoms with Crippen LogP contribution < -0.4 is 16.0 Å². The molecule has 0 bridgehead atoms. The second-order valence-electron chi connectivity index (χ2n) is 4.55. The number of carbonyl (C=O) groups is 2. The molecule has 114 valence electrons. The van der Waals surface area contributed by atoms with E-state index in [0.717, 1.165) is 5.56 Å². The lowest BCUT2D eigenvalue weighted by molar-refractivity contribution is -0.118. The molecule has 0 aromatic heterocycles. The molecule has 5 nitrogen and oxygen atoms in total. The van der Waals surface area contributed by atoms with E-state index in [4.69, 9.17) is 11.6 Å². The maximum absolute atomic E-state index is 11.7. The van der Waals surface area contributed by atoms with Gasteiger partial charge in [-0.25, -0.2) is 4.79 Å². The highest BCUT2D eigenvalue weighted by atomic mass is 35.5. The van der Waals surface area contributed by atoms with Crippen LogP contribution in [0.15, 0.2) is 54.6 Å². The van der Waals surface area contributed by atoms with Crippen molar-refractivity contribution in [3.63, 3.8) is 0 Å². The number of anilines is 1. The molecule has 0 saturated heterocycles. The van der Waals surface area contributed by atoms with Crippen LogP contribution in [0.3, 0.4) is 0 Å². The maximum atomic E-state index is 11.7. The minimum Gasteiger partial charge on any atom is -0.375 e. The first-order valence-corrected chi connectivity index (χ1v) is 7.13. The zero-order chi connectivity index (χ0) is 15.8. The number of amides is 3. The van der Waals surface area contributed by atoms with Crippen molar-refractivity contribution in [1.29, 1.82) is 0 Å². The van der Waals surface area contributed by atoms with Crippen LogP contribution in [0, 0.1) is 0 Å². The molecule has 3 amide bonds. The smallest absolute Gasteiger partial charge is 0.321 e. The number of imide groups is 1. The van der Waals surface area contributed by atoms with Crippen LogP contribution in [0.5, 0.6) is 0 Å². The number of benzene rings is 2. The molecule has 22 heavy (non-hydrogen) atoms.